The van der Waals surface area contributed by atoms with Gasteiger partial charge in [-0.2, -0.15) is 0 Å². The minimum Gasteiger partial charge on any atom is -0.444 e. The van der Waals surface area contributed by atoms with Crippen LogP contribution in [-0.4, -0.2) is 52.7 Å². The smallest absolute Gasteiger partial charge is 0.417 e. The molecule has 10 nitrogen and oxygen atoms in total. The second-order valence-electron chi connectivity index (χ2n) is 9.38. The minimum absolute atomic E-state index is 0.000453. The Morgan fingerprint density at radius 1 is 1.00 bits per heavy atom. The first kappa shape index (κ1) is 28.4. The number of benzene rings is 2. The number of nitrogens with zero attached hydrogens (tertiary/aromatic N) is 1. The van der Waals surface area contributed by atoms with Gasteiger partial charge in [0.15, 0.2) is 0 Å². The summed E-state index contributed by atoms with van der Waals surface area (Å²) in [4.78, 5) is 64.5. The first-order valence-electron chi connectivity index (χ1n) is 12.7. The lowest BCUT2D eigenvalue weighted by Crippen LogP contribution is -2.58. The van der Waals surface area contributed by atoms with E-state index in [0.717, 1.165) is 16.0 Å². The van der Waals surface area contributed by atoms with Crippen LogP contribution in [0.1, 0.15) is 44.2 Å². The molecule has 0 radical (unpaired) electrons. The zero-order valence-corrected chi connectivity index (χ0v) is 21.6. The van der Waals surface area contributed by atoms with E-state index in [0.29, 0.717) is 6.42 Å². The molecule has 1 aliphatic heterocycles. The fraction of sp³-hybridized carbons (Fsp3) is 0.393. The van der Waals surface area contributed by atoms with Gasteiger partial charge in [0.1, 0.15) is 24.7 Å². The number of carbonyl (C=O) groups excluding carboxylic acids is 5. The molecule has 4 N–H and O–H groups in total. The Morgan fingerprint density at radius 3 is 2.18 bits per heavy atom. The van der Waals surface area contributed by atoms with E-state index >= 15 is 0 Å². The normalized spacial score (nSPS) is 17.3. The molecule has 4 atom stereocenters. The van der Waals surface area contributed by atoms with Gasteiger partial charge in [0.25, 0.3) is 0 Å². The number of amides is 5. The number of likely N-dealkylation sites (tertiary alicyclic amines) is 1. The second-order valence-corrected chi connectivity index (χ2v) is 9.38. The molecule has 0 aliphatic carbocycles. The molecule has 2 aromatic carbocycles. The highest BCUT2D eigenvalue weighted by molar-refractivity contribution is 6.01. The summed E-state index contributed by atoms with van der Waals surface area (Å²) in [5.41, 5.74) is 7.10. The van der Waals surface area contributed by atoms with Crippen LogP contribution < -0.4 is 16.4 Å². The predicted octanol–water partition coefficient (Wildman–Crippen LogP) is 2.06. The van der Waals surface area contributed by atoms with Crippen molar-refractivity contribution in [2.24, 2.45) is 11.7 Å². The molecule has 1 aliphatic rings. The van der Waals surface area contributed by atoms with E-state index in [-0.39, 0.29) is 31.8 Å². The number of imide groups is 1. The van der Waals surface area contributed by atoms with E-state index in [4.69, 9.17) is 10.5 Å². The molecule has 3 rings (SSSR count). The van der Waals surface area contributed by atoms with Crippen molar-refractivity contribution in [3.05, 3.63) is 71.8 Å². The first-order chi connectivity index (χ1) is 18.2. The molecular weight excluding hydrogens is 488 g/mol. The average molecular weight is 523 g/mol. The Balaban J connectivity index is 1.68. The Labute approximate surface area is 221 Å². The van der Waals surface area contributed by atoms with Crippen molar-refractivity contribution in [2.75, 3.05) is 0 Å². The third-order valence-corrected chi connectivity index (χ3v) is 6.65. The minimum atomic E-state index is -1.11. The number of nitrogens with two attached hydrogens (primary N) is 1. The lowest BCUT2D eigenvalue weighted by atomic mass is 9.96. The number of ether oxygens (including phenoxy) is 1. The molecule has 0 unspecified atom stereocenters. The molecule has 38 heavy (non-hydrogen) atoms. The molecule has 0 aromatic heterocycles. The molecule has 5 amide bonds. The quantitative estimate of drug-likeness (QED) is 0.411. The maximum absolute atomic E-state index is 13.2. The molecule has 0 saturated carbocycles. The number of rotatable bonds is 11. The number of nitrogens with one attached hydrogen (secondary N) is 2. The maximum Gasteiger partial charge on any atom is 0.417 e. The van der Waals surface area contributed by atoms with Crippen molar-refractivity contribution in [1.29, 1.82) is 0 Å². The Kier molecular flexibility index (Phi) is 9.98. The maximum atomic E-state index is 13.2. The molecule has 1 heterocycles. The zero-order valence-electron chi connectivity index (χ0n) is 21.6. The lowest BCUT2D eigenvalue weighted by molar-refractivity contribution is -0.136. The van der Waals surface area contributed by atoms with Crippen molar-refractivity contribution < 1.29 is 28.7 Å². The highest BCUT2D eigenvalue weighted by atomic mass is 16.6. The molecule has 1 saturated heterocycles. The summed E-state index contributed by atoms with van der Waals surface area (Å²) in [7, 11) is 0. The number of hydrogen-bond donors (Lipinski definition) is 3. The van der Waals surface area contributed by atoms with E-state index < -0.39 is 47.8 Å². The van der Waals surface area contributed by atoms with E-state index in [9.17, 15) is 24.0 Å². The third-order valence-electron chi connectivity index (χ3n) is 6.65. The van der Waals surface area contributed by atoms with Gasteiger partial charge in [0.2, 0.25) is 23.6 Å². The van der Waals surface area contributed by atoms with Crippen LogP contribution in [0, 0.1) is 5.92 Å². The molecule has 10 heteroatoms. The van der Waals surface area contributed by atoms with Crippen molar-refractivity contribution in [1.82, 2.24) is 15.5 Å². The monoisotopic (exact) mass is 522 g/mol. The number of primary amides is 1. The van der Waals surface area contributed by atoms with E-state index in [1.807, 2.05) is 43.3 Å². The molecule has 1 fully saturated rings. The van der Waals surface area contributed by atoms with Gasteiger partial charge in [-0.05, 0) is 23.5 Å². The van der Waals surface area contributed by atoms with E-state index in [2.05, 4.69) is 10.6 Å². The number of carbonyl (C=O) groups is 5. The molecular formula is C28H34N4O6. The summed E-state index contributed by atoms with van der Waals surface area (Å²) in [5.74, 6) is -2.75. The van der Waals surface area contributed by atoms with E-state index in [1.54, 1.807) is 31.2 Å². The summed E-state index contributed by atoms with van der Waals surface area (Å²) >= 11 is 0. The topological polar surface area (TPSA) is 148 Å². The summed E-state index contributed by atoms with van der Waals surface area (Å²) in [6.45, 7) is 3.59. The van der Waals surface area contributed by atoms with Crippen LogP contribution in [0.2, 0.25) is 0 Å². The van der Waals surface area contributed by atoms with Crippen LogP contribution >= 0.6 is 0 Å². The molecule has 0 spiro atoms. The van der Waals surface area contributed by atoms with Gasteiger partial charge in [0.05, 0.1) is 0 Å². The third kappa shape index (κ3) is 7.41. The van der Waals surface area contributed by atoms with Crippen LogP contribution in [0.3, 0.4) is 0 Å². The summed E-state index contributed by atoms with van der Waals surface area (Å²) in [5, 5.41) is 5.35. The Morgan fingerprint density at radius 2 is 1.61 bits per heavy atom. The van der Waals surface area contributed by atoms with Gasteiger partial charge < -0.3 is 21.1 Å². The van der Waals surface area contributed by atoms with Gasteiger partial charge in [0, 0.05) is 12.8 Å². The standard InChI is InChI=1S/C28H34N4O6/c1-3-18(2)24(27(36)30-21(25(29)34)16-19-10-6-4-7-11-19)31-26(35)22-14-15-23(33)32(22)28(37)38-17-20-12-8-5-9-13-20/h4-13,18,21-22,24H,3,14-17H2,1-2H3,(H2,29,34)(H,30,36)(H,31,35)/t18-,21-,22+,24-/m0/s1. The van der Waals surface area contributed by atoms with Gasteiger partial charge in [-0.15, -0.1) is 0 Å². The zero-order chi connectivity index (χ0) is 27.7. The van der Waals surface area contributed by atoms with Crippen LogP contribution in [0.15, 0.2) is 60.7 Å². The second kappa shape index (κ2) is 13.4. The number of hydrogen-bond acceptors (Lipinski definition) is 6. The Hall–Kier alpha value is -4.21. The Bertz CT molecular complexity index is 1140. The van der Waals surface area contributed by atoms with Crippen LogP contribution in [0.4, 0.5) is 4.79 Å². The molecule has 202 valence electrons. The SMILES string of the molecule is CC[C@H](C)[C@H](NC(=O)[C@H]1CCC(=O)N1C(=O)OCc1ccccc1)C(=O)N[C@@H](Cc1ccccc1)C(N)=O. The van der Waals surface area contributed by atoms with Gasteiger partial charge >= 0.3 is 6.09 Å². The van der Waals surface area contributed by atoms with Gasteiger partial charge in [-0.3, -0.25) is 19.2 Å². The lowest BCUT2D eigenvalue weighted by Gasteiger charge is -2.28. The molecule has 2 aromatic rings. The van der Waals surface area contributed by atoms with Crippen molar-refractivity contribution in [2.45, 2.75) is 64.3 Å². The summed E-state index contributed by atoms with van der Waals surface area (Å²) < 4.78 is 5.27. The van der Waals surface area contributed by atoms with Crippen LogP contribution in [-0.2, 0) is 36.9 Å². The largest absolute Gasteiger partial charge is 0.444 e. The van der Waals surface area contributed by atoms with Crippen molar-refractivity contribution >= 4 is 29.7 Å². The summed E-state index contributed by atoms with van der Waals surface area (Å²) in [6.07, 6.45) is -0.0682. The fourth-order valence-corrected chi connectivity index (χ4v) is 4.24. The molecule has 0 bridgehead atoms. The van der Waals surface area contributed by atoms with Gasteiger partial charge in [-0.1, -0.05) is 80.9 Å². The highest BCUT2D eigenvalue weighted by Crippen LogP contribution is 2.22. The first-order valence-corrected chi connectivity index (χ1v) is 12.7. The summed E-state index contributed by atoms with van der Waals surface area (Å²) in [6, 6.07) is 15.0. The fourth-order valence-electron chi connectivity index (χ4n) is 4.24. The van der Waals surface area contributed by atoms with Gasteiger partial charge in [-0.25, -0.2) is 9.69 Å². The highest BCUT2D eigenvalue weighted by Gasteiger charge is 2.43. The predicted molar refractivity (Wildman–Crippen MR) is 139 cm³/mol. The average Bonchev–Trinajstić information content (AvgIpc) is 3.31. The van der Waals surface area contributed by atoms with Crippen LogP contribution in [0.25, 0.3) is 0 Å². The van der Waals surface area contributed by atoms with E-state index in [1.165, 1.54) is 0 Å². The van der Waals surface area contributed by atoms with Crippen molar-refractivity contribution in [3.63, 3.8) is 0 Å². The van der Waals surface area contributed by atoms with Crippen molar-refractivity contribution in [3.8, 4) is 0 Å². The van der Waals surface area contributed by atoms with Crippen LogP contribution in [0.5, 0.6) is 0 Å².